The van der Waals surface area contributed by atoms with E-state index in [1.54, 1.807) is 36.4 Å². The van der Waals surface area contributed by atoms with Gasteiger partial charge in [-0.2, -0.15) is 0 Å². The minimum absolute atomic E-state index is 0.0699. The van der Waals surface area contributed by atoms with Gasteiger partial charge in [-0.1, -0.05) is 30.7 Å². The molecule has 2 amide bonds. The Balaban J connectivity index is 2.48. The van der Waals surface area contributed by atoms with Gasteiger partial charge < -0.3 is 16.4 Å². The Morgan fingerprint density at radius 3 is 2.58 bits per heavy atom. The van der Waals surface area contributed by atoms with E-state index in [1.807, 2.05) is 0 Å². The van der Waals surface area contributed by atoms with E-state index in [1.165, 1.54) is 6.07 Å². The van der Waals surface area contributed by atoms with Gasteiger partial charge >= 0.3 is 0 Å². The Labute approximate surface area is 151 Å². The molecule has 0 spiro atoms. The Kier molecular flexibility index (Phi) is 5.91. The van der Waals surface area contributed by atoms with Crippen molar-refractivity contribution in [2.45, 2.75) is 0 Å². The van der Waals surface area contributed by atoms with Crippen LogP contribution in [0, 0.1) is 17.8 Å². The Hall–Kier alpha value is -3.85. The van der Waals surface area contributed by atoms with E-state index in [4.69, 9.17) is 17.6 Å². The largest absolute Gasteiger partial charge is 0.398 e. The number of terminal acetylenes is 1. The molecular weight excluding hydrogens is 328 g/mol. The molecule has 6 heteroatoms. The summed E-state index contributed by atoms with van der Waals surface area (Å²) in [6.07, 6.45) is 6.28. The first-order chi connectivity index (χ1) is 12.5. The fourth-order valence-electron chi connectivity index (χ4n) is 2.28. The van der Waals surface area contributed by atoms with Gasteiger partial charge in [-0.25, -0.2) is 0 Å². The Morgan fingerprint density at radius 1 is 1.23 bits per heavy atom. The standard InChI is InChI=1S/C20H18N4O2/c1-3-9-23-20(26)14-10-13(11-15(12-14)24-18(25)4-2)19(22)16-7-5-6-8-17(16)21/h1,4-8,10-12,22H,2,9,21H2,(H,23,26)(H,24,25). The van der Waals surface area contributed by atoms with Gasteiger partial charge in [0.05, 0.1) is 12.3 Å². The molecule has 0 aromatic heterocycles. The molecule has 0 saturated carbocycles. The molecule has 2 rings (SSSR count). The molecule has 2 aromatic carbocycles. The van der Waals surface area contributed by atoms with Crippen LogP contribution in [0.4, 0.5) is 11.4 Å². The van der Waals surface area contributed by atoms with Crippen molar-refractivity contribution in [3.05, 3.63) is 71.8 Å². The lowest BCUT2D eigenvalue weighted by atomic mass is 9.98. The van der Waals surface area contributed by atoms with Crippen molar-refractivity contribution in [3.8, 4) is 12.3 Å². The summed E-state index contributed by atoms with van der Waals surface area (Å²) in [5.74, 6) is 1.48. The Morgan fingerprint density at radius 2 is 1.92 bits per heavy atom. The van der Waals surface area contributed by atoms with Gasteiger partial charge in [0.15, 0.2) is 0 Å². The maximum absolute atomic E-state index is 12.3. The van der Waals surface area contributed by atoms with Crippen molar-refractivity contribution in [2.75, 3.05) is 17.6 Å². The smallest absolute Gasteiger partial charge is 0.252 e. The second-order valence-corrected chi connectivity index (χ2v) is 5.34. The highest BCUT2D eigenvalue weighted by Crippen LogP contribution is 2.21. The predicted octanol–water partition coefficient (Wildman–Crippen LogP) is 2.17. The fraction of sp³-hybridized carbons (Fsp3) is 0.0500. The average Bonchev–Trinajstić information content (AvgIpc) is 2.65. The third-order valence-electron chi connectivity index (χ3n) is 3.52. The van der Waals surface area contributed by atoms with Crippen LogP contribution in [-0.2, 0) is 4.79 Å². The van der Waals surface area contributed by atoms with Crippen LogP contribution in [0.1, 0.15) is 21.5 Å². The number of amides is 2. The molecule has 0 aliphatic carbocycles. The summed E-state index contributed by atoms with van der Waals surface area (Å²) in [6.45, 7) is 3.47. The second kappa shape index (κ2) is 8.31. The summed E-state index contributed by atoms with van der Waals surface area (Å²) < 4.78 is 0. The number of benzene rings is 2. The summed E-state index contributed by atoms with van der Waals surface area (Å²) in [6, 6.07) is 11.6. The zero-order chi connectivity index (χ0) is 19.1. The molecule has 0 radical (unpaired) electrons. The number of carbonyl (C=O) groups is 2. The summed E-state index contributed by atoms with van der Waals surface area (Å²) >= 11 is 0. The molecule has 0 heterocycles. The fourth-order valence-corrected chi connectivity index (χ4v) is 2.28. The molecule has 130 valence electrons. The topological polar surface area (TPSA) is 108 Å². The van der Waals surface area contributed by atoms with Crippen molar-refractivity contribution in [2.24, 2.45) is 0 Å². The second-order valence-electron chi connectivity index (χ2n) is 5.34. The first-order valence-corrected chi connectivity index (χ1v) is 7.70. The van der Waals surface area contributed by atoms with Crippen LogP contribution < -0.4 is 16.4 Å². The summed E-state index contributed by atoms with van der Waals surface area (Å²) in [5.41, 5.74) is 8.08. The number of anilines is 2. The van der Waals surface area contributed by atoms with Gasteiger partial charge in [0.2, 0.25) is 5.91 Å². The number of carbonyl (C=O) groups excluding carboxylic acids is 2. The maximum Gasteiger partial charge on any atom is 0.252 e. The lowest BCUT2D eigenvalue weighted by Gasteiger charge is -2.12. The van der Waals surface area contributed by atoms with Crippen molar-refractivity contribution < 1.29 is 9.59 Å². The highest BCUT2D eigenvalue weighted by molar-refractivity contribution is 6.15. The molecule has 0 atom stereocenters. The first-order valence-electron chi connectivity index (χ1n) is 7.70. The molecular formula is C20H18N4O2. The van der Waals surface area contributed by atoms with Crippen LogP contribution in [0.5, 0.6) is 0 Å². The van der Waals surface area contributed by atoms with E-state index in [0.29, 0.717) is 22.5 Å². The summed E-state index contributed by atoms with van der Waals surface area (Å²) in [7, 11) is 0. The monoisotopic (exact) mass is 346 g/mol. The zero-order valence-electron chi connectivity index (χ0n) is 14.0. The lowest BCUT2D eigenvalue weighted by Crippen LogP contribution is -2.24. The van der Waals surface area contributed by atoms with E-state index in [2.05, 4.69) is 23.1 Å². The Bertz CT molecular complexity index is 926. The van der Waals surface area contributed by atoms with Crippen molar-refractivity contribution in [1.82, 2.24) is 5.32 Å². The van der Waals surface area contributed by atoms with E-state index < -0.39 is 11.8 Å². The normalized spacial score (nSPS) is 9.65. The molecule has 0 unspecified atom stereocenters. The van der Waals surface area contributed by atoms with Crippen LogP contribution in [-0.4, -0.2) is 24.1 Å². The highest BCUT2D eigenvalue weighted by Gasteiger charge is 2.14. The van der Waals surface area contributed by atoms with Crippen LogP contribution in [0.2, 0.25) is 0 Å². The van der Waals surface area contributed by atoms with E-state index in [9.17, 15) is 9.59 Å². The molecule has 0 aliphatic rings. The number of hydrogen-bond donors (Lipinski definition) is 4. The van der Waals surface area contributed by atoms with Crippen LogP contribution >= 0.6 is 0 Å². The summed E-state index contributed by atoms with van der Waals surface area (Å²) in [4.78, 5) is 23.9. The van der Waals surface area contributed by atoms with Gasteiger partial charge in [0, 0.05) is 28.1 Å². The lowest BCUT2D eigenvalue weighted by molar-refractivity contribution is -0.111. The first kappa shape index (κ1) is 18.5. The third kappa shape index (κ3) is 4.36. The summed E-state index contributed by atoms with van der Waals surface area (Å²) in [5, 5.41) is 13.6. The molecule has 6 nitrogen and oxygen atoms in total. The number of nitrogens with two attached hydrogens (primary N) is 1. The van der Waals surface area contributed by atoms with Gasteiger partial charge in [-0.3, -0.25) is 15.0 Å². The van der Waals surface area contributed by atoms with Gasteiger partial charge in [-0.05, 0) is 30.3 Å². The molecule has 5 N–H and O–H groups in total. The molecule has 0 fully saturated rings. The van der Waals surface area contributed by atoms with E-state index in [-0.39, 0.29) is 17.8 Å². The number of rotatable bonds is 6. The minimum Gasteiger partial charge on any atom is -0.398 e. The van der Waals surface area contributed by atoms with Crippen LogP contribution in [0.25, 0.3) is 0 Å². The number of hydrogen-bond acceptors (Lipinski definition) is 4. The number of nitrogen functional groups attached to an aromatic ring is 1. The molecule has 0 saturated heterocycles. The molecule has 0 aliphatic heterocycles. The molecule has 0 bridgehead atoms. The van der Waals surface area contributed by atoms with Gasteiger partial charge in [0.25, 0.3) is 5.91 Å². The van der Waals surface area contributed by atoms with Gasteiger partial charge in [0.1, 0.15) is 0 Å². The van der Waals surface area contributed by atoms with Crippen molar-refractivity contribution in [1.29, 1.82) is 5.41 Å². The average molecular weight is 346 g/mol. The number of para-hydroxylation sites is 1. The number of nitrogens with one attached hydrogen (secondary N) is 3. The van der Waals surface area contributed by atoms with Crippen molar-refractivity contribution >= 4 is 28.9 Å². The molecule has 2 aromatic rings. The quantitative estimate of drug-likeness (QED) is 0.279. The predicted molar refractivity (Wildman–Crippen MR) is 103 cm³/mol. The maximum atomic E-state index is 12.3. The third-order valence-corrected chi connectivity index (χ3v) is 3.52. The highest BCUT2D eigenvalue weighted by atomic mass is 16.2. The van der Waals surface area contributed by atoms with E-state index >= 15 is 0 Å². The van der Waals surface area contributed by atoms with Gasteiger partial charge in [-0.15, -0.1) is 6.42 Å². The van der Waals surface area contributed by atoms with Crippen LogP contribution in [0.3, 0.4) is 0 Å². The SMILES string of the molecule is C#CCNC(=O)c1cc(NC(=O)C=C)cc(C(=N)c2ccccc2N)c1. The minimum atomic E-state index is -0.428. The van der Waals surface area contributed by atoms with Crippen molar-refractivity contribution in [3.63, 3.8) is 0 Å². The van der Waals surface area contributed by atoms with Crippen LogP contribution in [0.15, 0.2) is 55.1 Å². The molecule has 26 heavy (non-hydrogen) atoms. The zero-order valence-corrected chi connectivity index (χ0v) is 14.0. The van der Waals surface area contributed by atoms with E-state index in [0.717, 1.165) is 6.08 Å².